The van der Waals surface area contributed by atoms with Crippen LogP contribution in [0.4, 0.5) is 0 Å². The monoisotopic (exact) mass is 552 g/mol. The van der Waals surface area contributed by atoms with E-state index in [4.69, 9.17) is 4.74 Å². The molecule has 41 heavy (non-hydrogen) atoms. The average molecular weight is 553 g/mol. The van der Waals surface area contributed by atoms with Crippen LogP contribution in [0, 0.1) is 0 Å². The van der Waals surface area contributed by atoms with Gasteiger partial charge in [-0.25, -0.2) is 0 Å². The van der Waals surface area contributed by atoms with E-state index < -0.39 is 11.9 Å². The molecule has 9 heteroatoms. The first kappa shape index (κ1) is 26.7. The number of ether oxygens (including phenoxy) is 1. The maximum atomic E-state index is 13.1. The minimum absolute atomic E-state index is 0.139. The summed E-state index contributed by atoms with van der Waals surface area (Å²) in [5.41, 5.74) is 3.12. The fourth-order valence-electron chi connectivity index (χ4n) is 5.89. The van der Waals surface area contributed by atoms with Gasteiger partial charge in [-0.3, -0.25) is 29.4 Å². The number of amides is 4. The van der Waals surface area contributed by atoms with Crippen molar-refractivity contribution in [2.24, 2.45) is 0 Å². The maximum Gasteiger partial charge on any atom is 0.255 e. The Hall–Kier alpha value is -4.50. The predicted molar refractivity (Wildman–Crippen MR) is 151 cm³/mol. The van der Waals surface area contributed by atoms with E-state index in [2.05, 4.69) is 27.7 Å². The van der Waals surface area contributed by atoms with Crippen LogP contribution in [0.5, 0.6) is 5.75 Å². The van der Waals surface area contributed by atoms with E-state index in [1.165, 1.54) is 10.5 Å². The average Bonchev–Trinajstić information content (AvgIpc) is 3.30. The summed E-state index contributed by atoms with van der Waals surface area (Å²) < 4.78 is 6.54. The second-order valence-corrected chi connectivity index (χ2v) is 10.8. The number of benzene rings is 3. The Morgan fingerprint density at radius 1 is 0.951 bits per heavy atom. The molecule has 0 aromatic heterocycles. The predicted octanol–water partition coefficient (Wildman–Crippen LogP) is 2.90. The van der Waals surface area contributed by atoms with Gasteiger partial charge in [0, 0.05) is 43.7 Å². The smallest absolute Gasteiger partial charge is 0.255 e. The van der Waals surface area contributed by atoms with E-state index in [1.54, 1.807) is 24.3 Å². The van der Waals surface area contributed by atoms with Crippen LogP contribution in [0.2, 0.25) is 0 Å². The topological polar surface area (TPSA) is 108 Å². The zero-order chi connectivity index (χ0) is 28.3. The van der Waals surface area contributed by atoms with Gasteiger partial charge < -0.3 is 15.0 Å². The zero-order valence-electron chi connectivity index (χ0n) is 22.6. The lowest BCUT2D eigenvalue weighted by atomic mass is 10.00. The number of likely N-dealkylation sites (tertiary alicyclic amines) is 1. The van der Waals surface area contributed by atoms with Gasteiger partial charge in [0.2, 0.25) is 11.8 Å². The number of hydrogen-bond donors (Lipinski definition) is 2. The van der Waals surface area contributed by atoms with Gasteiger partial charge in [0.15, 0.2) is 0 Å². The normalized spacial score (nSPS) is 22.7. The minimum Gasteiger partial charge on any atom is -0.487 e. The molecule has 3 atom stereocenters. The van der Waals surface area contributed by atoms with Crippen LogP contribution in [0.15, 0.2) is 78.9 Å². The Morgan fingerprint density at radius 3 is 2.46 bits per heavy atom. The molecule has 0 spiro atoms. The molecule has 0 radical (unpaired) electrons. The fourth-order valence-corrected chi connectivity index (χ4v) is 5.89. The Labute approximate surface area is 238 Å². The molecule has 2 N–H and O–H groups in total. The van der Waals surface area contributed by atoms with Crippen molar-refractivity contribution >= 4 is 23.6 Å². The summed E-state index contributed by atoms with van der Waals surface area (Å²) in [6.45, 7) is 2.48. The lowest BCUT2D eigenvalue weighted by Gasteiger charge is -2.39. The van der Waals surface area contributed by atoms with E-state index in [0.29, 0.717) is 29.8 Å². The first-order chi connectivity index (χ1) is 19.9. The van der Waals surface area contributed by atoms with Crippen molar-refractivity contribution in [1.29, 1.82) is 0 Å². The molecule has 2 saturated heterocycles. The molecule has 6 rings (SSSR count). The molecule has 3 aliphatic heterocycles. The molecule has 9 nitrogen and oxygen atoms in total. The highest BCUT2D eigenvalue weighted by atomic mass is 16.5. The second kappa shape index (κ2) is 11.5. The second-order valence-electron chi connectivity index (χ2n) is 10.8. The van der Waals surface area contributed by atoms with Crippen LogP contribution in [0.1, 0.15) is 51.1 Å². The van der Waals surface area contributed by atoms with Crippen LogP contribution in [-0.4, -0.2) is 64.7 Å². The van der Waals surface area contributed by atoms with Gasteiger partial charge >= 0.3 is 0 Å². The van der Waals surface area contributed by atoms with E-state index in [0.717, 1.165) is 25.1 Å². The third-order valence-electron chi connectivity index (χ3n) is 8.03. The molecule has 4 amide bonds. The molecule has 3 aliphatic rings. The Bertz CT molecular complexity index is 1460. The molecule has 3 heterocycles. The number of nitrogens with one attached hydrogen (secondary N) is 2. The summed E-state index contributed by atoms with van der Waals surface area (Å²) >= 11 is 0. The van der Waals surface area contributed by atoms with Crippen LogP contribution < -0.4 is 15.4 Å². The third-order valence-corrected chi connectivity index (χ3v) is 8.03. The van der Waals surface area contributed by atoms with Gasteiger partial charge in [0.05, 0.1) is 6.04 Å². The first-order valence-electron chi connectivity index (χ1n) is 14.0. The molecular formula is C32H32N4O5. The van der Waals surface area contributed by atoms with Crippen LogP contribution in [-0.2, 0) is 22.7 Å². The highest BCUT2D eigenvalue weighted by Crippen LogP contribution is 2.31. The van der Waals surface area contributed by atoms with Crippen molar-refractivity contribution in [3.8, 4) is 5.75 Å². The summed E-state index contributed by atoms with van der Waals surface area (Å²) in [6, 6.07) is 23.9. The molecule has 210 valence electrons. The van der Waals surface area contributed by atoms with Gasteiger partial charge in [-0.1, -0.05) is 48.5 Å². The summed E-state index contributed by atoms with van der Waals surface area (Å²) in [5.74, 6) is -0.501. The Balaban J connectivity index is 1.19. The highest BCUT2D eigenvalue weighted by molar-refractivity contribution is 6.05. The van der Waals surface area contributed by atoms with Crippen LogP contribution in [0.3, 0.4) is 0 Å². The van der Waals surface area contributed by atoms with Crippen molar-refractivity contribution in [1.82, 2.24) is 20.4 Å². The number of piperidine rings is 2. The lowest BCUT2D eigenvalue weighted by molar-refractivity contribution is -0.136. The lowest BCUT2D eigenvalue weighted by Crippen LogP contribution is -2.56. The third kappa shape index (κ3) is 5.85. The van der Waals surface area contributed by atoms with E-state index in [1.807, 2.05) is 42.5 Å². The molecule has 2 fully saturated rings. The highest BCUT2D eigenvalue weighted by Gasteiger charge is 2.39. The van der Waals surface area contributed by atoms with Gasteiger partial charge in [0.1, 0.15) is 17.9 Å². The number of carbonyl (C=O) groups excluding carboxylic acids is 4. The van der Waals surface area contributed by atoms with Crippen molar-refractivity contribution in [2.75, 3.05) is 13.1 Å². The van der Waals surface area contributed by atoms with E-state index >= 15 is 0 Å². The van der Waals surface area contributed by atoms with Crippen LogP contribution in [0.25, 0.3) is 0 Å². The number of hydrogen-bond acceptors (Lipinski definition) is 6. The van der Waals surface area contributed by atoms with Gasteiger partial charge in [-0.15, -0.1) is 0 Å². The first-order valence-corrected chi connectivity index (χ1v) is 14.0. The van der Waals surface area contributed by atoms with E-state index in [9.17, 15) is 19.2 Å². The quantitative estimate of drug-likeness (QED) is 0.437. The number of imide groups is 1. The molecule has 0 saturated carbocycles. The van der Waals surface area contributed by atoms with Gasteiger partial charge in [-0.2, -0.15) is 0 Å². The van der Waals surface area contributed by atoms with Crippen molar-refractivity contribution in [3.05, 3.63) is 101 Å². The molecule has 2 unspecified atom stereocenters. The van der Waals surface area contributed by atoms with Crippen LogP contribution >= 0.6 is 0 Å². The van der Waals surface area contributed by atoms with Crippen molar-refractivity contribution in [3.63, 3.8) is 0 Å². The summed E-state index contributed by atoms with van der Waals surface area (Å²) in [5, 5.41) is 5.52. The number of nitrogens with zero attached hydrogens (tertiary/aromatic N) is 2. The zero-order valence-corrected chi connectivity index (χ0v) is 22.6. The van der Waals surface area contributed by atoms with E-state index in [-0.39, 0.29) is 42.8 Å². The van der Waals surface area contributed by atoms with Crippen molar-refractivity contribution in [2.45, 2.75) is 50.5 Å². The summed E-state index contributed by atoms with van der Waals surface area (Å²) in [4.78, 5) is 54.0. The summed E-state index contributed by atoms with van der Waals surface area (Å²) in [6.07, 6.45) is 0.933. The number of fused-ring (bicyclic) bond motifs is 1. The molecular weight excluding hydrogens is 520 g/mol. The van der Waals surface area contributed by atoms with Gasteiger partial charge in [-0.05, 0) is 54.3 Å². The summed E-state index contributed by atoms with van der Waals surface area (Å²) in [7, 11) is 0. The number of rotatable bonds is 7. The standard InChI is InChI=1S/C32H32N4O5/c37-29-14-13-27(31(39)34-29)36-19-23-17-24(11-12-25(23)32(36)40)41-28-20-35(18-21-7-3-1-4-8-21)16-15-26(28)33-30(38)22-9-5-2-6-10-22/h1-12,17,26-28H,13-16,18-20H2,(H,33,38)(H,34,37,39)/t26-,27?,28?/m1/s1. The fraction of sp³-hybridized carbons (Fsp3) is 0.312. The van der Waals surface area contributed by atoms with Gasteiger partial charge in [0.25, 0.3) is 11.8 Å². The molecule has 3 aromatic carbocycles. The molecule has 0 aliphatic carbocycles. The largest absolute Gasteiger partial charge is 0.487 e. The Morgan fingerprint density at radius 2 is 1.71 bits per heavy atom. The number of carbonyl (C=O) groups is 4. The SMILES string of the molecule is O=C1CCC(N2Cc3cc(OC4CN(Cc5ccccc5)CC[C@H]4NC(=O)c4ccccc4)ccc3C2=O)C(=O)N1. The maximum absolute atomic E-state index is 13.1. The van der Waals surface area contributed by atoms with Crippen molar-refractivity contribution < 1.29 is 23.9 Å². The molecule has 0 bridgehead atoms. The molecule has 3 aromatic rings. The Kier molecular flexibility index (Phi) is 7.52. The minimum atomic E-state index is -0.667.